The molecule has 3 heterocycles. The number of aryl methyl sites for hydroxylation is 1. The molecule has 1 atom stereocenters. The predicted octanol–water partition coefficient (Wildman–Crippen LogP) is 2.77. The summed E-state index contributed by atoms with van der Waals surface area (Å²) < 4.78 is 2.16. The molecular weight excluding hydrogens is 254 g/mol. The van der Waals surface area contributed by atoms with Gasteiger partial charge in [-0.25, -0.2) is 0 Å². The number of aromatic amines is 1. The molecule has 5 heteroatoms. The molecule has 0 aliphatic carbocycles. The van der Waals surface area contributed by atoms with Crippen molar-refractivity contribution in [3.8, 4) is 0 Å². The van der Waals surface area contributed by atoms with Crippen LogP contribution < -0.4 is 5.32 Å². The monoisotopic (exact) mass is 269 g/mol. The van der Waals surface area contributed by atoms with E-state index in [1.807, 2.05) is 0 Å². The Morgan fingerprint density at radius 3 is 3.06 bits per heavy atom. The number of halogens is 1. The van der Waals surface area contributed by atoms with Gasteiger partial charge in [0.1, 0.15) is 0 Å². The number of piperazine rings is 1. The van der Waals surface area contributed by atoms with Crippen LogP contribution in [0.15, 0.2) is 6.07 Å². The minimum atomic E-state index is 0.409. The molecule has 1 unspecified atom stereocenters. The quantitative estimate of drug-likeness (QED) is 0.834. The van der Waals surface area contributed by atoms with Crippen LogP contribution >= 0.6 is 22.9 Å². The van der Waals surface area contributed by atoms with Gasteiger partial charge in [-0.3, -0.25) is 0 Å². The summed E-state index contributed by atoms with van der Waals surface area (Å²) in [7, 11) is 2.17. The fraction of sp³-hybridized carbons (Fsp3) is 0.500. The zero-order valence-corrected chi connectivity index (χ0v) is 11.6. The van der Waals surface area contributed by atoms with Crippen molar-refractivity contribution in [3.63, 3.8) is 0 Å². The smallest absolute Gasteiger partial charge is 0.0985 e. The molecule has 0 aromatic carbocycles. The van der Waals surface area contributed by atoms with Crippen molar-refractivity contribution in [1.29, 1.82) is 0 Å². The lowest BCUT2D eigenvalue weighted by molar-refractivity contribution is 0.239. The van der Waals surface area contributed by atoms with Crippen LogP contribution in [0, 0.1) is 6.92 Å². The summed E-state index contributed by atoms with van der Waals surface area (Å²) >= 11 is 7.79. The number of hydrogen-bond donors (Lipinski definition) is 2. The Bertz CT molecular complexity index is 545. The first-order valence-corrected chi connectivity index (χ1v) is 7.04. The summed E-state index contributed by atoms with van der Waals surface area (Å²) in [4.78, 5) is 5.87. The summed E-state index contributed by atoms with van der Waals surface area (Å²) in [6, 6.07) is 2.64. The molecule has 1 fully saturated rings. The van der Waals surface area contributed by atoms with Crippen molar-refractivity contribution < 1.29 is 0 Å². The first-order chi connectivity index (χ1) is 8.15. The van der Waals surface area contributed by atoms with Crippen LogP contribution in [-0.4, -0.2) is 36.6 Å². The largest absolute Gasteiger partial charge is 0.356 e. The first-order valence-electron chi connectivity index (χ1n) is 5.84. The van der Waals surface area contributed by atoms with Gasteiger partial charge in [-0.1, -0.05) is 11.6 Å². The van der Waals surface area contributed by atoms with Gasteiger partial charge in [0.25, 0.3) is 0 Å². The molecule has 17 heavy (non-hydrogen) atoms. The highest BCUT2D eigenvalue weighted by atomic mass is 35.5. The van der Waals surface area contributed by atoms with Gasteiger partial charge in [-0.2, -0.15) is 0 Å². The number of thiophene rings is 1. The minimum absolute atomic E-state index is 0.409. The molecule has 3 rings (SSSR count). The number of rotatable bonds is 1. The molecule has 2 N–H and O–H groups in total. The Morgan fingerprint density at radius 2 is 2.35 bits per heavy atom. The number of likely N-dealkylation sites (N-methyl/N-ethyl adjacent to an activating group) is 1. The molecule has 0 bridgehead atoms. The Hall–Kier alpha value is -0.550. The van der Waals surface area contributed by atoms with Gasteiger partial charge in [-0.15, -0.1) is 11.3 Å². The number of nitrogens with one attached hydrogen (secondary N) is 2. The maximum Gasteiger partial charge on any atom is 0.0985 e. The summed E-state index contributed by atoms with van der Waals surface area (Å²) in [5.74, 6) is 0. The van der Waals surface area contributed by atoms with Crippen LogP contribution in [0.4, 0.5) is 0 Å². The standard InChI is InChI=1S/C12H16ClN3S/c1-7-11-10(17-12(7)13)5-8(15-11)9-6-16(2)4-3-14-9/h5,9,14-15H,3-4,6H2,1-2H3. The topological polar surface area (TPSA) is 31.1 Å². The SMILES string of the molecule is Cc1c(Cl)sc2cc(C3CN(C)CCN3)[nH]c12. The fourth-order valence-electron chi connectivity index (χ4n) is 2.38. The van der Waals surface area contributed by atoms with Crippen molar-refractivity contribution in [2.45, 2.75) is 13.0 Å². The lowest BCUT2D eigenvalue weighted by atomic mass is 10.1. The van der Waals surface area contributed by atoms with Crippen molar-refractivity contribution in [2.24, 2.45) is 0 Å². The van der Waals surface area contributed by atoms with E-state index in [1.54, 1.807) is 11.3 Å². The molecule has 3 nitrogen and oxygen atoms in total. The number of fused-ring (bicyclic) bond motifs is 1. The zero-order chi connectivity index (χ0) is 12.0. The van der Waals surface area contributed by atoms with Crippen LogP contribution in [0.2, 0.25) is 4.34 Å². The number of nitrogens with zero attached hydrogens (tertiary/aromatic N) is 1. The molecule has 92 valence electrons. The molecule has 1 aliphatic rings. The average Bonchev–Trinajstić information content (AvgIpc) is 2.81. The Labute approximate surface area is 110 Å². The molecule has 2 aromatic heterocycles. The number of aromatic nitrogens is 1. The Morgan fingerprint density at radius 1 is 1.53 bits per heavy atom. The second kappa shape index (κ2) is 4.28. The van der Waals surface area contributed by atoms with E-state index in [1.165, 1.54) is 21.5 Å². The fourth-order valence-corrected chi connectivity index (χ4v) is 3.66. The van der Waals surface area contributed by atoms with Crippen molar-refractivity contribution in [3.05, 3.63) is 21.7 Å². The van der Waals surface area contributed by atoms with Crippen LogP contribution in [0.1, 0.15) is 17.3 Å². The lowest BCUT2D eigenvalue weighted by Crippen LogP contribution is -2.43. The normalized spacial score (nSPS) is 22.4. The predicted molar refractivity (Wildman–Crippen MR) is 74.2 cm³/mol. The van der Waals surface area contributed by atoms with Gasteiger partial charge in [0.2, 0.25) is 0 Å². The molecule has 0 spiro atoms. The van der Waals surface area contributed by atoms with Gasteiger partial charge in [0, 0.05) is 30.9 Å². The Balaban J connectivity index is 1.95. The van der Waals surface area contributed by atoms with Crippen molar-refractivity contribution >= 4 is 33.2 Å². The highest BCUT2D eigenvalue weighted by molar-refractivity contribution is 7.22. The summed E-state index contributed by atoms with van der Waals surface area (Å²) in [5.41, 5.74) is 3.64. The summed E-state index contributed by atoms with van der Waals surface area (Å²) in [5, 5.41) is 3.55. The molecule has 0 radical (unpaired) electrons. The van der Waals surface area contributed by atoms with E-state index in [2.05, 4.69) is 35.2 Å². The van der Waals surface area contributed by atoms with Gasteiger partial charge < -0.3 is 15.2 Å². The maximum absolute atomic E-state index is 6.13. The van der Waals surface area contributed by atoms with E-state index in [-0.39, 0.29) is 0 Å². The van der Waals surface area contributed by atoms with Crippen LogP contribution in [-0.2, 0) is 0 Å². The van der Waals surface area contributed by atoms with Crippen LogP contribution in [0.25, 0.3) is 10.2 Å². The number of H-pyrrole nitrogens is 1. The Kier molecular flexibility index (Phi) is 2.91. The molecule has 1 saturated heterocycles. The third kappa shape index (κ3) is 1.99. The van der Waals surface area contributed by atoms with Gasteiger partial charge >= 0.3 is 0 Å². The van der Waals surface area contributed by atoms with E-state index >= 15 is 0 Å². The van der Waals surface area contributed by atoms with E-state index in [9.17, 15) is 0 Å². The van der Waals surface area contributed by atoms with Crippen molar-refractivity contribution in [1.82, 2.24) is 15.2 Å². The summed E-state index contributed by atoms with van der Waals surface area (Å²) in [6.07, 6.45) is 0. The van der Waals surface area contributed by atoms with E-state index in [0.717, 1.165) is 24.0 Å². The lowest BCUT2D eigenvalue weighted by Gasteiger charge is -2.30. The van der Waals surface area contributed by atoms with Gasteiger partial charge in [0.05, 0.1) is 20.6 Å². The maximum atomic E-state index is 6.13. The third-order valence-corrected chi connectivity index (χ3v) is 4.97. The third-order valence-electron chi connectivity index (χ3n) is 3.43. The molecule has 0 saturated carbocycles. The van der Waals surface area contributed by atoms with E-state index in [0.29, 0.717) is 6.04 Å². The second-order valence-electron chi connectivity index (χ2n) is 4.73. The highest BCUT2D eigenvalue weighted by Crippen LogP contribution is 2.35. The van der Waals surface area contributed by atoms with E-state index < -0.39 is 0 Å². The highest BCUT2D eigenvalue weighted by Gasteiger charge is 2.21. The first kappa shape index (κ1) is 11.5. The molecule has 2 aromatic rings. The zero-order valence-electron chi connectivity index (χ0n) is 10.0. The molecular formula is C12H16ClN3S. The average molecular weight is 270 g/mol. The summed E-state index contributed by atoms with van der Waals surface area (Å²) in [6.45, 7) is 5.30. The van der Waals surface area contributed by atoms with Gasteiger partial charge in [0.15, 0.2) is 0 Å². The number of hydrogen-bond acceptors (Lipinski definition) is 3. The second-order valence-corrected chi connectivity index (χ2v) is 6.39. The minimum Gasteiger partial charge on any atom is -0.356 e. The van der Waals surface area contributed by atoms with E-state index in [4.69, 9.17) is 11.6 Å². The molecule has 0 amide bonds. The van der Waals surface area contributed by atoms with Crippen molar-refractivity contribution in [2.75, 3.05) is 26.7 Å². The van der Waals surface area contributed by atoms with Crippen LogP contribution in [0.5, 0.6) is 0 Å². The molecule has 1 aliphatic heterocycles. The van der Waals surface area contributed by atoms with Gasteiger partial charge in [-0.05, 0) is 20.0 Å². The van der Waals surface area contributed by atoms with Crippen LogP contribution in [0.3, 0.4) is 0 Å².